The molecule has 0 rings (SSSR count). The van der Waals surface area contributed by atoms with Crippen molar-refractivity contribution in [2.24, 2.45) is 0 Å². The molecule has 0 spiro atoms. The van der Waals surface area contributed by atoms with Crippen LogP contribution in [-0.2, 0) is 33.3 Å². The van der Waals surface area contributed by atoms with E-state index in [1.165, 1.54) is 199 Å². The molecule has 420 valence electrons. The molecule has 0 saturated heterocycles. The Bertz CT molecular complexity index is 1320. The van der Waals surface area contributed by atoms with Gasteiger partial charge in [0.1, 0.15) is 13.2 Å². The number of ether oxygens (including phenoxy) is 4. The number of carbonyl (C=O) groups excluding carboxylic acids is 2. The summed E-state index contributed by atoms with van der Waals surface area (Å²) in [6.07, 6.45) is 65.5. The number of carboxylic acids is 1. The second kappa shape index (κ2) is 54.5. The fraction of sp³-hybridized carbons (Fsp3) is 0.825. The zero-order chi connectivity index (χ0) is 52.7. The van der Waals surface area contributed by atoms with E-state index in [1.54, 1.807) is 0 Å². The lowest BCUT2D eigenvalue weighted by Crippen LogP contribution is -2.40. The second-order valence-corrected chi connectivity index (χ2v) is 21.6. The zero-order valence-corrected chi connectivity index (χ0v) is 47.8. The van der Waals surface area contributed by atoms with Gasteiger partial charge in [0.25, 0.3) is 6.29 Å². The van der Waals surface area contributed by atoms with Gasteiger partial charge in [-0.05, 0) is 38.5 Å². The van der Waals surface area contributed by atoms with Crippen molar-refractivity contribution < 1.29 is 42.9 Å². The lowest BCUT2D eigenvalue weighted by molar-refractivity contribution is -0.870. The number of hydrogen-bond donors (Lipinski definition) is 1. The molecule has 0 radical (unpaired) electrons. The third kappa shape index (κ3) is 55.0. The fourth-order valence-corrected chi connectivity index (χ4v) is 8.74. The van der Waals surface area contributed by atoms with Gasteiger partial charge in [-0.2, -0.15) is 0 Å². The molecule has 0 aromatic rings. The quantitative estimate of drug-likeness (QED) is 0.0211. The van der Waals surface area contributed by atoms with Gasteiger partial charge in [-0.1, -0.05) is 274 Å². The first-order valence-corrected chi connectivity index (χ1v) is 30.3. The molecular weight excluding hydrogens is 899 g/mol. The van der Waals surface area contributed by atoms with Gasteiger partial charge in [0.15, 0.2) is 6.10 Å². The summed E-state index contributed by atoms with van der Waals surface area (Å²) < 4.78 is 22.7. The van der Waals surface area contributed by atoms with Crippen molar-refractivity contribution in [3.63, 3.8) is 0 Å². The molecule has 0 aliphatic carbocycles. The van der Waals surface area contributed by atoms with Gasteiger partial charge in [0.2, 0.25) is 0 Å². The Hall–Kier alpha value is -2.75. The van der Waals surface area contributed by atoms with E-state index in [-0.39, 0.29) is 32.2 Å². The SMILES string of the molecule is CC/C=C\C/C=C\C/C=C\C/C=C\CCC(=O)OC(COC(=O)CCCCCCCCCCCCCCCCCCCCCCCCCCCCCCCCCCCC)COC(OCC[N+](C)(C)C)C(=O)O. The Labute approximate surface area is 444 Å². The van der Waals surface area contributed by atoms with Crippen LogP contribution >= 0.6 is 0 Å². The molecule has 1 N–H and O–H groups in total. The summed E-state index contributed by atoms with van der Waals surface area (Å²) in [4.78, 5) is 37.3. The van der Waals surface area contributed by atoms with E-state index >= 15 is 0 Å². The van der Waals surface area contributed by atoms with E-state index in [2.05, 4.69) is 50.3 Å². The molecule has 0 aromatic carbocycles. The maximum Gasteiger partial charge on any atom is 0.361 e. The monoisotopic (exact) mass is 1010 g/mol. The van der Waals surface area contributed by atoms with Crippen LogP contribution in [0.5, 0.6) is 0 Å². The molecule has 2 atom stereocenters. The van der Waals surface area contributed by atoms with Gasteiger partial charge in [-0.25, -0.2) is 4.79 Å². The van der Waals surface area contributed by atoms with Gasteiger partial charge >= 0.3 is 17.9 Å². The molecule has 9 heteroatoms. The van der Waals surface area contributed by atoms with Crippen LogP contribution in [0, 0.1) is 0 Å². The van der Waals surface area contributed by atoms with Crippen LogP contribution in [0.4, 0.5) is 0 Å². The smallest absolute Gasteiger partial charge is 0.361 e. The Morgan fingerprint density at radius 3 is 1.15 bits per heavy atom. The average Bonchev–Trinajstić information content (AvgIpc) is 3.35. The Morgan fingerprint density at radius 1 is 0.431 bits per heavy atom. The number of allylic oxidation sites excluding steroid dienone is 8. The molecule has 0 fully saturated rings. The van der Waals surface area contributed by atoms with E-state index in [4.69, 9.17) is 18.9 Å². The molecule has 0 bridgehead atoms. The minimum Gasteiger partial charge on any atom is -0.477 e. The highest BCUT2D eigenvalue weighted by Gasteiger charge is 2.25. The van der Waals surface area contributed by atoms with Crippen molar-refractivity contribution in [1.82, 2.24) is 0 Å². The van der Waals surface area contributed by atoms with Gasteiger partial charge in [0.05, 0.1) is 34.4 Å². The van der Waals surface area contributed by atoms with Crippen molar-refractivity contribution in [3.8, 4) is 0 Å². The van der Waals surface area contributed by atoms with Crippen molar-refractivity contribution >= 4 is 17.9 Å². The molecular formula is C63H116NO8+. The average molecular weight is 1020 g/mol. The number of quaternary nitrogens is 1. The first-order chi connectivity index (χ1) is 35.1. The third-order valence-electron chi connectivity index (χ3n) is 13.4. The summed E-state index contributed by atoms with van der Waals surface area (Å²) in [5.74, 6) is -2.10. The summed E-state index contributed by atoms with van der Waals surface area (Å²) in [5, 5.41) is 9.67. The van der Waals surface area contributed by atoms with E-state index in [1.807, 2.05) is 33.3 Å². The highest BCUT2D eigenvalue weighted by atomic mass is 16.7. The van der Waals surface area contributed by atoms with Crippen LogP contribution in [-0.4, -0.2) is 87.4 Å². The van der Waals surface area contributed by atoms with Crippen LogP contribution in [0.15, 0.2) is 48.6 Å². The van der Waals surface area contributed by atoms with Crippen LogP contribution in [0.2, 0.25) is 0 Å². The number of esters is 2. The van der Waals surface area contributed by atoms with Gasteiger partial charge in [-0.15, -0.1) is 0 Å². The van der Waals surface area contributed by atoms with Gasteiger partial charge in [-0.3, -0.25) is 9.59 Å². The summed E-state index contributed by atoms with van der Waals surface area (Å²) in [6.45, 7) is 4.70. The Morgan fingerprint density at radius 2 is 0.792 bits per heavy atom. The number of carboxylic acid groups (broad SMARTS) is 1. The second-order valence-electron chi connectivity index (χ2n) is 21.6. The van der Waals surface area contributed by atoms with Crippen LogP contribution in [0.25, 0.3) is 0 Å². The summed E-state index contributed by atoms with van der Waals surface area (Å²) in [6, 6.07) is 0. The number of unbranched alkanes of at least 4 members (excludes halogenated alkanes) is 33. The number of rotatable bonds is 56. The normalized spacial score (nSPS) is 13.1. The zero-order valence-electron chi connectivity index (χ0n) is 47.8. The van der Waals surface area contributed by atoms with Crippen LogP contribution in [0.3, 0.4) is 0 Å². The van der Waals surface area contributed by atoms with Gasteiger partial charge < -0.3 is 28.5 Å². The standard InChI is InChI=1S/C63H115NO8/c1-6-8-10-12-14-16-18-20-21-22-23-24-25-26-27-28-29-30-31-32-33-34-35-36-37-38-39-40-42-43-45-47-49-51-53-60(65)70-57-59(58-71-63(62(67)68)69-56-55-64(3,4)5)72-61(66)54-52-50-48-46-44-41-19-17-15-13-11-9-7-2/h9,11,15,17,41,44,48,50,59,63H,6-8,10,12-14,16,18-40,42-43,45-47,49,51-58H2,1-5H3/p+1/b11-9-,17-15-,44-41-,50-48-. The van der Waals surface area contributed by atoms with Crippen molar-refractivity contribution in [2.45, 2.75) is 289 Å². The van der Waals surface area contributed by atoms with Crippen molar-refractivity contribution in [2.75, 3.05) is 47.5 Å². The highest BCUT2D eigenvalue weighted by Crippen LogP contribution is 2.18. The minimum absolute atomic E-state index is 0.140. The highest BCUT2D eigenvalue weighted by molar-refractivity contribution is 5.71. The molecule has 72 heavy (non-hydrogen) atoms. The lowest BCUT2D eigenvalue weighted by Gasteiger charge is -2.25. The maximum atomic E-state index is 12.8. The van der Waals surface area contributed by atoms with Crippen LogP contribution < -0.4 is 0 Å². The van der Waals surface area contributed by atoms with E-state index < -0.39 is 24.3 Å². The minimum atomic E-state index is -1.53. The number of aliphatic carboxylic acids is 1. The molecule has 0 aromatic heterocycles. The summed E-state index contributed by atoms with van der Waals surface area (Å²) in [7, 11) is 5.94. The third-order valence-corrected chi connectivity index (χ3v) is 13.4. The first-order valence-electron chi connectivity index (χ1n) is 30.3. The Kier molecular flexibility index (Phi) is 52.4. The number of hydrogen-bond acceptors (Lipinski definition) is 7. The summed E-state index contributed by atoms with van der Waals surface area (Å²) in [5.41, 5.74) is 0. The molecule has 2 unspecified atom stereocenters. The van der Waals surface area contributed by atoms with E-state index in [9.17, 15) is 19.5 Å². The Balaban J connectivity index is 4.00. The van der Waals surface area contributed by atoms with Crippen molar-refractivity contribution in [1.29, 1.82) is 0 Å². The molecule has 9 nitrogen and oxygen atoms in total. The molecule has 0 heterocycles. The van der Waals surface area contributed by atoms with Crippen LogP contribution in [0.1, 0.15) is 277 Å². The molecule has 0 saturated carbocycles. The topological polar surface area (TPSA) is 108 Å². The van der Waals surface area contributed by atoms with E-state index in [0.29, 0.717) is 23.9 Å². The number of nitrogens with zero attached hydrogens (tertiary/aromatic N) is 1. The predicted octanol–water partition coefficient (Wildman–Crippen LogP) is 17.9. The predicted molar refractivity (Wildman–Crippen MR) is 304 cm³/mol. The fourth-order valence-electron chi connectivity index (χ4n) is 8.74. The molecule has 0 aliphatic rings. The first kappa shape index (κ1) is 69.2. The molecule has 0 aliphatic heterocycles. The molecule has 0 amide bonds. The number of likely N-dealkylation sites (N-methyl/N-ethyl adjacent to an activating group) is 1. The number of carbonyl (C=O) groups is 3. The van der Waals surface area contributed by atoms with Crippen molar-refractivity contribution in [3.05, 3.63) is 48.6 Å². The summed E-state index contributed by atoms with van der Waals surface area (Å²) >= 11 is 0. The lowest BCUT2D eigenvalue weighted by atomic mass is 10.0. The van der Waals surface area contributed by atoms with Gasteiger partial charge in [0, 0.05) is 12.8 Å². The largest absolute Gasteiger partial charge is 0.477 e. The van der Waals surface area contributed by atoms with E-state index in [0.717, 1.165) is 44.9 Å². The maximum absolute atomic E-state index is 12.8.